The van der Waals surface area contributed by atoms with Crippen LogP contribution in [0.1, 0.15) is 36.0 Å². The topological polar surface area (TPSA) is 64.2 Å². The number of benzene rings is 1. The van der Waals surface area contributed by atoms with Gasteiger partial charge in [0.15, 0.2) is 0 Å². The summed E-state index contributed by atoms with van der Waals surface area (Å²) in [5, 5.41) is 4.32. The van der Waals surface area contributed by atoms with Crippen LogP contribution >= 0.6 is 0 Å². The average molecular weight is 298 g/mol. The molecule has 1 unspecified atom stereocenters. The SMILES string of the molecule is NCCC1CCCCN1C(=O)c1cnn(-c2ccccc2)c1. The Balaban J connectivity index is 1.78. The molecule has 1 aromatic heterocycles. The van der Waals surface area contributed by atoms with E-state index >= 15 is 0 Å². The number of piperidine rings is 1. The first-order valence-electron chi connectivity index (χ1n) is 7.90. The minimum absolute atomic E-state index is 0.0698. The number of hydrogen-bond donors (Lipinski definition) is 1. The third kappa shape index (κ3) is 3.04. The second kappa shape index (κ2) is 6.75. The molecular formula is C17H22N4O. The van der Waals surface area contributed by atoms with Crippen molar-refractivity contribution in [1.29, 1.82) is 0 Å². The molecule has 1 atom stereocenters. The smallest absolute Gasteiger partial charge is 0.257 e. The van der Waals surface area contributed by atoms with Crippen LogP contribution in [0.2, 0.25) is 0 Å². The van der Waals surface area contributed by atoms with E-state index in [1.54, 1.807) is 10.9 Å². The Labute approximate surface area is 130 Å². The summed E-state index contributed by atoms with van der Waals surface area (Å²) in [6.45, 7) is 1.44. The maximum absolute atomic E-state index is 12.8. The Bertz CT molecular complexity index is 621. The lowest BCUT2D eigenvalue weighted by atomic mass is 9.98. The van der Waals surface area contributed by atoms with Crippen molar-refractivity contribution in [2.24, 2.45) is 5.73 Å². The summed E-state index contributed by atoms with van der Waals surface area (Å²) >= 11 is 0. The molecule has 0 radical (unpaired) electrons. The Kier molecular flexibility index (Phi) is 4.53. The molecule has 2 aromatic rings. The van der Waals surface area contributed by atoms with E-state index < -0.39 is 0 Å². The third-order valence-corrected chi connectivity index (χ3v) is 4.24. The predicted molar refractivity (Wildman–Crippen MR) is 85.9 cm³/mol. The normalized spacial score (nSPS) is 18.4. The summed E-state index contributed by atoms with van der Waals surface area (Å²) in [4.78, 5) is 14.7. The molecular weight excluding hydrogens is 276 g/mol. The molecule has 0 saturated carbocycles. The summed E-state index contributed by atoms with van der Waals surface area (Å²) in [6, 6.07) is 10.1. The molecule has 1 aliphatic heterocycles. The van der Waals surface area contributed by atoms with E-state index in [0.717, 1.165) is 31.5 Å². The molecule has 0 aliphatic carbocycles. The van der Waals surface area contributed by atoms with Crippen molar-refractivity contribution in [2.45, 2.75) is 31.7 Å². The third-order valence-electron chi connectivity index (χ3n) is 4.24. The fraction of sp³-hybridized carbons (Fsp3) is 0.412. The number of amides is 1. The Morgan fingerprint density at radius 1 is 1.27 bits per heavy atom. The lowest BCUT2D eigenvalue weighted by Gasteiger charge is -2.35. The van der Waals surface area contributed by atoms with Crippen LogP contribution in [0.25, 0.3) is 5.69 Å². The lowest BCUT2D eigenvalue weighted by Crippen LogP contribution is -2.44. The highest BCUT2D eigenvalue weighted by molar-refractivity contribution is 5.94. The Morgan fingerprint density at radius 3 is 2.86 bits per heavy atom. The fourth-order valence-electron chi connectivity index (χ4n) is 3.08. The van der Waals surface area contributed by atoms with Gasteiger partial charge < -0.3 is 10.6 Å². The molecule has 2 heterocycles. The van der Waals surface area contributed by atoms with E-state index in [0.29, 0.717) is 12.1 Å². The number of carbonyl (C=O) groups is 1. The van der Waals surface area contributed by atoms with Crippen LogP contribution in [0, 0.1) is 0 Å². The summed E-state index contributed by atoms with van der Waals surface area (Å²) in [5.74, 6) is 0.0698. The van der Waals surface area contributed by atoms with Crippen LogP contribution < -0.4 is 5.73 Å². The first kappa shape index (κ1) is 14.8. The van der Waals surface area contributed by atoms with E-state index in [1.807, 2.05) is 41.4 Å². The highest BCUT2D eigenvalue weighted by atomic mass is 16.2. The molecule has 1 saturated heterocycles. The summed E-state index contributed by atoms with van der Waals surface area (Å²) in [7, 11) is 0. The molecule has 2 N–H and O–H groups in total. The van der Waals surface area contributed by atoms with Crippen LogP contribution in [-0.2, 0) is 0 Å². The minimum Gasteiger partial charge on any atom is -0.336 e. The van der Waals surface area contributed by atoms with Crippen molar-refractivity contribution in [3.05, 3.63) is 48.3 Å². The molecule has 0 spiro atoms. The van der Waals surface area contributed by atoms with Crippen LogP contribution in [0.5, 0.6) is 0 Å². The number of likely N-dealkylation sites (tertiary alicyclic amines) is 1. The van der Waals surface area contributed by atoms with Crippen LogP contribution in [0.4, 0.5) is 0 Å². The average Bonchev–Trinajstić information content (AvgIpc) is 3.06. The minimum atomic E-state index is 0.0698. The van der Waals surface area contributed by atoms with E-state index in [4.69, 9.17) is 5.73 Å². The van der Waals surface area contributed by atoms with E-state index in [1.165, 1.54) is 6.42 Å². The summed E-state index contributed by atoms with van der Waals surface area (Å²) in [5.41, 5.74) is 7.29. The monoisotopic (exact) mass is 298 g/mol. The van der Waals surface area contributed by atoms with Gasteiger partial charge >= 0.3 is 0 Å². The second-order valence-electron chi connectivity index (χ2n) is 5.73. The van der Waals surface area contributed by atoms with Gasteiger partial charge in [0.2, 0.25) is 0 Å². The lowest BCUT2D eigenvalue weighted by molar-refractivity contribution is 0.0605. The largest absolute Gasteiger partial charge is 0.336 e. The Hall–Kier alpha value is -2.14. The quantitative estimate of drug-likeness (QED) is 0.941. The van der Waals surface area contributed by atoms with Gasteiger partial charge in [0, 0.05) is 18.8 Å². The molecule has 22 heavy (non-hydrogen) atoms. The zero-order valence-electron chi connectivity index (χ0n) is 12.7. The molecule has 5 nitrogen and oxygen atoms in total. The van der Waals surface area contributed by atoms with Crippen molar-refractivity contribution < 1.29 is 4.79 Å². The number of nitrogens with zero attached hydrogens (tertiary/aromatic N) is 3. The van der Waals surface area contributed by atoms with Gasteiger partial charge in [-0.05, 0) is 44.4 Å². The maximum Gasteiger partial charge on any atom is 0.257 e. The molecule has 3 rings (SSSR count). The zero-order chi connectivity index (χ0) is 15.4. The highest BCUT2D eigenvalue weighted by Crippen LogP contribution is 2.22. The van der Waals surface area contributed by atoms with Crippen LogP contribution in [0.15, 0.2) is 42.7 Å². The molecule has 5 heteroatoms. The number of carbonyl (C=O) groups excluding carboxylic acids is 1. The predicted octanol–water partition coefficient (Wildman–Crippen LogP) is 2.22. The number of nitrogens with two attached hydrogens (primary N) is 1. The van der Waals surface area contributed by atoms with E-state index in [2.05, 4.69) is 5.10 Å². The molecule has 1 fully saturated rings. The van der Waals surface area contributed by atoms with Crippen LogP contribution in [0.3, 0.4) is 0 Å². The van der Waals surface area contributed by atoms with Gasteiger partial charge in [-0.25, -0.2) is 4.68 Å². The standard InChI is InChI=1S/C17H22N4O/c18-10-9-15-6-4-5-11-20(15)17(22)14-12-19-21(13-14)16-7-2-1-3-8-16/h1-3,7-8,12-13,15H,4-6,9-11,18H2. The molecule has 1 amide bonds. The van der Waals surface area contributed by atoms with Gasteiger partial charge in [-0.1, -0.05) is 18.2 Å². The van der Waals surface area contributed by atoms with Crippen molar-refractivity contribution in [3.63, 3.8) is 0 Å². The summed E-state index contributed by atoms with van der Waals surface area (Å²) in [6.07, 6.45) is 7.64. The van der Waals surface area contributed by atoms with Gasteiger partial charge in [0.05, 0.1) is 17.4 Å². The van der Waals surface area contributed by atoms with Crippen molar-refractivity contribution >= 4 is 5.91 Å². The number of rotatable bonds is 4. The second-order valence-corrected chi connectivity index (χ2v) is 5.73. The number of aromatic nitrogens is 2. The van der Waals surface area contributed by atoms with Gasteiger partial charge in [0.25, 0.3) is 5.91 Å². The number of para-hydroxylation sites is 1. The number of hydrogen-bond acceptors (Lipinski definition) is 3. The molecule has 116 valence electrons. The summed E-state index contributed by atoms with van der Waals surface area (Å²) < 4.78 is 1.75. The highest BCUT2D eigenvalue weighted by Gasteiger charge is 2.27. The van der Waals surface area contributed by atoms with Gasteiger partial charge in [-0.2, -0.15) is 5.10 Å². The Morgan fingerprint density at radius 2 is 2.09 bits per heavy atom. The molecule has 1 aliphatic rings. The first-order chi connectivity index (χ1) is 10.8. The van der Waals surface area contributed by atoms with E-state index in [9.17, 15) is 4.79 Å². The van der Waals surface area contributed by atoms with Gasteiger partial charge in [-0.15, -0.1) is 0 Å². The van der Waals surface area contributed by atoms with E-state index in [-0.39, 0.29) is 11.9 Å². The van der Waals surface area contributed by atoms with Gasteiger partial charge in [-0.3, -0.25) is 4.79 Å². The van der Waals surface area contributed by atoms with Crippen molar-refractivity contribution in [2.75, 3.05) is 13.1 Å². The maximum atomic E-state index is 12.8. The molecule has 1 aromatic carbocycles. The van der Waals surface area contributed by atoms with Crippen molar-refractivity contribution in [3.8, 4) is 5.69 Å². The zero-order valence-corrected chi connectivity index (χ0v) is 12.7. The fourth-order valence-corrected chi connectivity index (χ4v) is 3.08. The van der Waals surface area contributed by atoms with Gasteiger partial charge in [0.1, 0.15) is 0 Å². The van der Waals surface area contributed by atoms with Crippen molar-refractivity contribution in [1.82, 2.24) is 14.7 Å². The van der Waals surface area contributed by atoms with Crippen LogP contribution in [-0.4, -0.2) is 39.7 Å². The first-order valence-corrected chi connectivity index (χ1v) is 7.90. The molecule has 0 bridgehead atoms.